The van der Waals surface area contributed by atoms with E-state index in [1.165, 1.54) is 10.1 Å². The van der Waals surface area contributed by atoms with Gasteiger partial charge in [-0.1, -0.05) is 6.07 Å². The predicted octanol–water partition coefficient (Wildman–Crippen LogP) is 3.00. The minimum Gasteiger partial charge on any atom is -0.408 e. The first-order chi connectivity index (χ1) is 10.5. The molecule has 5 heteroatoms. The van der Waals surface area contributed by atoms with Crippen LogP contribution in [0.4, 0.5) is 5.69 Å². The smallest absolute Gasteiger partial charge is 0.408 e. The summed E-state index contributed by atoms with van der Waals surface area (Å²) in [6, 6.07) is 10.7. The van der Waals surface area contributed by atoms with E-state index in [1.54, 1.807) is 25.2 Å². The van der Waals surface area contributed by atoms with Gasteiger partial charge in [-0.25, -0.2) is 4.79 Å². The molecule has 3 rings (SSSR count). The second kappa shape index (κ2) is 5.18. The summed E-state index contributed by atoms with van der Waals surface area (Å²) in [6.45, 7) is 4.02. The van der Waals surface area contributed by atoms with Gasteiger partial charge in [-0.2, -0.15) is 0 Å². The Balaban J connectivity index is 1.91. The van der Waals surface area contributed by atoms with Gasteiger partial charge in [-0.05, 0) is 55.3 Å². The van der Waals surface area contributed by atoms with E-state index >= 15 is 0 Å². The Labute approximate surface area is 127 Å². The summed E-state index contributed by atoms with van der Waals surface area (Å²) in [4.78, 5) is 23.8. The maximum Gasteiger partial charge on any atom is 0.419 e. The number of hydrogen-bond acceptors (Lipinski definition) is 3. The monoisotopic (exact) mass is 296 g/mol. The normalized spacial score (nSPS) is 10.9. The molecule has 0 aliphatic heterocycles. The third kappa shape index (κ3) is 2.41. The molecule has 3 aromatic rings. The lowest BCUT2D eigenvalue weighted by molar-refractivity contribution is 0.102. The molecule has 0 atom stereocenters. The van der Waals surface area contributed by atoms with Crippen LogP contribution in [0.5, 0.6) is 0 Å². The Bertz CT molecular complexity index is 935. The zero-order valence-electron chi connectivity index (χ0n) is 12.6. The number of carbonyl (C=O) groups is 1. The lowest BCUT2D eigenvalue weighted by atomic mass is 10.1. The molecule has 1 heterocycles. The fourth-order valence-corrected chi connectivity index (χ4v) is 2.30. The van der Waals surface area contributed by atoms with E-state index in [4.69, 9.17) is 4.42 Å². The van der Waals surface area contributed by atoms with Gasteiger partial charge in [0.1, 0.15) is 0 Å². The van der Waals surface area contributed by atoms with Gasteiger partial charge in [0.25, 0.3) is 5.91 Å². The number of rotatable bonds is 2. The summed E-state index contributed by atoms with van der Waals surface area (Å²) in [5.74, 6) is -0.682. The maximum absolute atomic E-state index is 12.3. The fraction of sp³-hybridized carbons (Fsp3) is 0.176. The Hall–Kier alpha value is -2.82. The molecular weight excluding hydrogens is 280 g/mol. The van der Waals surface area contributed by atoms with Gasteiger partial charge in [0.2, 0.25) is 0 Å². The number of carbonyl (C=O) groups excluding carboxylic acids is 1. The van der Waals surface area contributed by atoms with Gasteiger partial charge >= 0.3 is 5.76 Å². The summed E-state index contributed by atoms with van der Waals surface area (Å²) in [5, 5.41) is 2.85. The zero-order chi connectivity index (χ0) is 15.9. The molecule has 0 saturated carbocycles. The van der Waals surface area contributed by atoms with Crippen molar-refractivity contribution in [3.63, 3.8) is 0 Å². The van der Waals surface area contributed by atoms with Crippen molar-refractivity contribution < 1.29 is 9.21 Å². The number of oxazole rings is 1. The van der Waals surface area contributed by atoms with Crippen LogP contribution in [-0.4, -0.2) is 10.5 Å². The minimum absolute atomic E-state index is 0.239. The molecule has 0 spiro atoms. The van der Waals surface area contributed by atoms with E-state index in [1.807, 2.05) is 32.0 Å². The average molecular weight is 296 g/mol. The van der Waals surface area contributed by atoms with Crippen molar-refractivity contribution in [2.75, 3.05) is 5.32 Å². The van der Waals surface area contributed by atoms with E-state index in [-0.39, 0.29) is 5.91 Å². The van der Waals surface area contributed by atoms with E-state index in [0.29, 0.717) is 16.7 Å². The molecule has 22 heavy (non-hydrogen) atoms. The first-order valence-corrected chi connectivity index (χ1v) is 6.94. The molecule has 0 radical (unpaired) electrons. The highest BCUT2D eigenvalue weighted by atomic mass is 16.4. The fourth-order valence-electron chi connectivity index (χ4n) is 2.30. The van der Waals surface area contributed by atoms with Crippen LogP contribution in [0.15, 0.2) is 45.6 Å². The van der Waals surface area contributed by atoms with Crippen molar-refractivity contribution in [2.45, 2.75) is 13.8 Å². The number of benzene rings is 2. The summed E-state index contributed by atoms with van der Waals surface area (Å²) in [5.41, 5.74) is 4.53. The van der Waals surface area contributed by atoms with Crippen molar-refractivity contribution in [1.82, 2.24) is 4.57 Å². The van der Waals surface area contributed by atoms with E-state index in [0.717, 1.165) is 11.3 Å². The molecule has 0 saturated heterocycles. The Morgan fingerprint density at radius 2 is 1.86 bits per heavy atom. The molecule has 1 aromatic heterocycles. The van der Waals surface area contributed by atoms with Crippen molar-refractivity contribution in [1.29, 1.82) is 0 Å². The number of nitrogens with zero attached hydrogens (tertiary/aromatic N) is 1. The van der Waals surface area contributed by atoms with Crippen molar-refractivity contribution in [3.05, 3.63) is 63.6 Å². The highest BCUT2D eigenvalue weighted by molar-refractivity contribution is 6.05. The van der Waals surface area contributed by atoms with E-state index in [9.17, 15) is 9.59 Å². The van der Waals surface area contributed by atoms with Crippen molar-refractivity contribution >= 4 is 22.7 Å². The van der Waals surface area contributed by atoms with Gasteiger partial charge in [0.15, 0.2) is 5.58 Å². The van der Waals surface area contributed by atoms with Crippen LogP contribution in [0.25, 0.3) is 11.1 Å². The number of amides is 1. The predicted molar refractivity (Wildman–Crippen MR) is 85.3 cm³/mol. The number of nitrogens with one attached hydrogen (secondary N) is 1. The van der Waals surface area contributed by atoms with E-state index in [2.05, 4.69) is 5.32 Å². The Kier molecular flexibility index (Phi) is 3.33. The lowest BCUT2D eigenvalue weighted by Crippen LogP contribution is -2.12. The third-order valence-corrected chi connectivity index (χ3v) is 3.82. The first-order valence-electron chi connectivity index (χ1n) is 6.94. The molecule has 2 aromatic carbocycles. The molecule has 0 fully saturated rings. The van der Waals surface area contributed by atoms with Crippen LogP contribution in [0.1, 0.15) is 21.5 Å². The molecule has 0 bridgehead atoms. The average Bonchev–Trinajstić information content (AvgIpc) is 2.77. The summed E-state index contributed by atoms with van der Waals surface area (Å²) >= 11 is 0. The Morgan fingerprint density at radius 3 is 2.59 bits per heavy atom. The van der Waals surface area contributed by atoms with Gasteiger partial charge < -0.3 is 9.73 Å². The maximum atomic E-state index is 12.3. The first kappa shape index (κ1) is 14.1. The molecule has 112 valence electrons. The molecule has 0 aliphatic carbocycles. The van der Waals surface area contributed by atoms with Crippen LogP contribution in [0.3, 0.4) is 0 Å². The Morgan fingerprint density at radius 1 is 1.09 bits per heavy atom. The largest absolute Gasteiger partial charge is 0.419 e. The van der Waals surface area contributed by atoms with Gasteiger partial charge in [0.05, 0.1) is 5.52 Å². The number of hydrogen-bond donors (Lipinski definition) is 1. The topological polar surface area (TPSA) is 64.2 Å². The molecular formula is C17H16N2O3. The number of aromatic nitrogens is 1. The number of aryl methyl sites for hydroxylation is 3. The number of fused-ring (bicyclic) bond motifs is 1. The molecule has 0 aliphatic rings. The van der Waals surface area contributed by atoms with Crippen LogP contribution in [-0.2, 0) is 7.05 Å². The van der Waals surface area contributed by atoms with E-state index < -0.39 is 5.76 Å². The third-order valence-electron chi connectivity index (χ3n) is 3.82. The highest BCUT2D eigenvalue weighted by Crippen LogP contribution is 2.18. The minimum atomic E-state index is -0.443. The number of anilines is 1. The summed E-state index contributed by atoms with van der Waals surface area (Å²) in [7, 11) is 1.63. The standard InChI is InChI=1S/C17H16N2O3/c1-10-4-6-13(8-11(10)2)18-16(20)12-5-7-14-15(9-12)22-17(21)19(14)3/h4-9H,1-3H3,(H,18,20). The van der Waals surface area contributed by atoms with Crippen LogP contribution in [0, 0.1) is 13.8 Å². The van der Waals surface area contributed by atoms with Crippen molar-refractivity contribution in [2.24, 2.45) is 7.05 Å². The van der Waals surface area contributed by atoms with Crippen LogP contribution >= 0.6 is 0 Å². The quantitative estimate of drug-likeness (QED) is 0.790. The highest BCUT2D eigenvalue weighted by Gasteiger charge is 2.11. The van der Waals surface area contributed by atoms with Gasteiger partial charge in [-0.3, -0.25) is 9.36 Å². The van der Waals surface area contributed by atoms with Crippen LogP contribution in [0.2, 0.25) is 0 Å². The second-order valence-electron chi connectivity index (χ2n) is 5.36. The van der Waals surface area contributed by atoms with Crippen LogP contribution < -0.4 is 11.1 Å². The molecule has 0 unspecified atom stereocenters. The summed E-state index contributed by atoms with van der Waals surface area (Å²) in [6.07, 6.45) is 0. The SMILES string of the molecule is Cc1ccc(NC(=O)c2ccc3c(c2)oc(=O)n3C)cc1C. The second-order valence-corrected chi connectivity index (χ2v) is 5.36. The molecule has 1 N–H and O–H groups in total. The lowest BCUT2D eigenvalue weighted by Gasteiger charge is -2.07. The van der Waals surface area contributed by atoms with Gasteiger partial charge in [0, 0.05) is 18.3 Å². The zero-order valence-corrected chi connectivity index (χ0v) is 12.6. The van der Waals surface area contributed by atoms with Crippen molar-refractivity contribution in [3.8, 4) is 0 Å². The molecule has 5 nitrogen and oxygen atoms in total. The molecule has 1 amide bonds. The van der Waals surface area contributed by atoms with Gasteiger partial charge in [-0.15, -0.1) is 0 Å². The summed E-state index contributed by atoms with van der Waals surface area (Å²) < 4.78 is 6.51.